The Morgan fingerprint density at radius 2 is 1.68 bits per heavy atom. The summed E-state index contributed by atoms with van der Waals surface area (Å²) in [4.78, 5) is 13.5. The molecule has 1 aliphatic carbocycles. The predicted octanol–water partition coefficient (Wildman–Crippen LogP) is -0.0129. The van der Waals surface area contributed by atoms with Crippen molar-refractivity contribution in [2.24, 2.45) is 5.73 Å². The standard InChI is InChI=1S/C14H28N4O3S/c1-12(15)14(19)17-8-10-18(11-9-17)22(20,21)16(2)13-6-4-3-5-7-13/h12-13H,3-11,15H2,1-2H3. The predicted molar refractivity (Wildman–Crippen MR) is 85.4 cm³/mol. The number of piperazine rings is 1. The third-order valence-electron chi connectivity index (χ3n) is 4.72. The van der Waals surface area contributed by atoms with Gasteiger partial charge in [0.15, 0.2) is 0 Å². The van der Waals surface area contributed by atoms with Gasteiger partial charge >= 0.3 is 0 Å². The lowest BCUT2D eigenvalue weighted by Gasteiger charge is -2.39. The molecule has 0 spiro atoms. The monoisotopic (exact) mass is 332 g/mol. The van der Waals surface area contributed by atoms with E-state index in [2.05, 4.69) is 0 Å². The van der Waals surface area contributed by atoms with Crippen molar-refractivity contribution in [3.05, 3.63) is 0 Å². The highest BCUT2D eigenvalue weighted by molar-refractivity contribution is 7.86. The van der Waals surface area contributed by atoms with Crippen molar-refractivity contribution in [2.75, 3.05) is 33.2 Å². The molecule has 1 saturated carbocycles. The van der Waals surface area contributed by atoms with Crippen LogP contribution in [0.1, 0.15) is 39.0 Å². The van der Waals surface area contributed by atoms with Crippen LogP contribution >= 0.6 is 0 Å². The highest BCUT2D eigenvalue weighted by Gasteiger charge is 2.35. The fourth-order valence-corrected chi connectivity index (χ4v) is 4.82. The maximum absolute atomic E-state index is 12.7. The lowest BCUT2D eigenvalue weighted by molar-refractivity contribution is -0.133. The normalized spacial score (nSPS) is 23.7. The molecule has 0 radical (unpaired) electrons. The van der Waals surface area contributed by atoms with Gasteiger partial charge in [0.1, 0.15) is 0 Å². The van der Waals surface area contributed by atoms with Gasteiger partial charge in [0.25, 0.3) is 10.2 Å². The molecule has 2 rings (SSSR count). The van der Waals surface area contributed by atoms with E-state index >= 15 is 0 Å². The first-order valence-electron chi connectivity index (χ1n) is 8.11. The van der Waals surface area contributed by atoms with E-state index in [9.17, 15) is 13.2 Å². The van der Waals surface area contributed by atoms with Crippen LogP contribution in [0.2, 0.25) is 0 Å². The van der Waals surface area contributed by atoms with Gasteiger partial charge in [-0.05, 0) is 19.8 Å². The lowest BCUT2D eigenvalue weighted by Crippen LogP contribution is -2.56. The summed E-state index contributed by atoms with van der Waals surface area (Å²) in [6, 6.07) is -0.421. The van der Waals surface area contributed by atoms with E-state index in [0.717, 1.165) is 25.7 Å². The molecular formula is C14H28N4O3S. The van der Waals surface area contributed by atoms with Crippen LogP contribution in [0.3, 0.4) is 0 Å². The topological polar surface area (TPSA) is 87.0 Å². The summed E-state index contributed by atoms with van der Waals surface area (Å²) in [6.45, 7) is 3.17. The van der Waals surface area contributed by atoms with Crippen molar-refractivity contribution in [1.82, 2.24) is 13.5 Å². The van der Waals surface area contributed by atoms with Gasteiger partial charge < -0.3 is 10.6 Å². The van der Waals surface area contributed by atoms with E-state index in [0.29, 0.717) is 26.2 Å². The summed E-state index contributed by atoms with van der Waals surface area (Å²) in [5.74, 6) is -0.113. The van der Waals surface area contributed by atoms with Crippen LogP contribution in [0.4, 0.5) is 0 Å². The average Bonchev–Trinajstić information content (AvgIpc) is 2.54. The van der Waals surface area contributed by atoms with Gasteiger partial charge in [-0.3, -0.25) is 4.79 Å². The van der Waals surface area contributed by atoms with E-state index in [1.54, 1.807) is 18.9 Å². The first-order valence-corrected chi connectivity index (χ1v) is 9.51. The van der Waals surface area contributed by atoms with Gasteiger partial charge in [0, 0.05) is 39.3 Å². The first kappa shape index (κ1) is 17.7. The van der Waals surface area contributed by atoms with E-state index in [4.69, 9.17) is 5.73 Å². The quantitative estimate of drug-likeness (QED) is 0.784. The third-order valence-corrected chi connectivity index (χ3v) is 6.76. The fourth-order valence-electron chi connectivity index (χ4n) is 3.24. The number of hydrogen-bond donors (Lipinski definition) is 1. The van der Waals surface area contributed by atoms with Crippen LogP contribution in [-0.2, 0) is 15.0 Å². The molecule has 22 heavy (non-hydrogen) atoms. The highest BCUT2D eigenvalue weighted by Crippen LogP contribution is 2.25. The Kier molecular flexibility index (Phi) is 5.81. The molecule has 8 heteroatoms. The minimum Gasteiger partial charge on any atom is -0.339 e. The van der Waals surface area contributed by atoms with E-state index in [-0.39, 0.29) is 11.9 Å². The minimum absolute atomic E-state index is 0.113. The molecule has 2 fully saturated rings. The largest absolute Gasteiger partial charge is 0.339 e. The minimum atomic E-state index is -3.43. The van der Waals surface area contributed by atoms with Crippen molar-refractivity contribution < 1.29 is 13.2 Å². The second-order valence-electron chi connectivity index (χ2n) is 6.33. The molecule has 1 atom stereocenters. The van der Waals surface area contributed by atoms with Crippen LogP contribution in [0.15, 0.2) is 0 Å². The number of carbonyl (C=O) groups excluding carboxylic acids is 1. The van der Waals surface area contributed by atoms with Crippen LogP contribution < -0.4 is 5.73 Å². The number of rotatable bonds is 4. The van der Waals surface area contributed by atoms with Gasteiger partial charge in [-0.1, -0.05) is 19.3 Å². The molecule has 0 aromatic heterocycles. The smallest absolute Gasteiger partial charge is 0.282 e. The molecule has 1 saturated heterocycles. The highest BCUT2D eigenvalue weighted by atomic mass is 32.2. The summed E-state index contributed by atoms with van der Waals surface area (Å²) < 4.78 is 28.5. The van der Waals surface area contributed by atoms with Gasteiger partial charge in [-0.15, -0.1) is 0 Å². The van der Waals surface area contributed by atoms with Crippen molar-refractivity contribution in [2.45, 2.75) is 51.1 Å². The summed E-state index contributed by atoms with van der Waals surface area (Å²) in [5.41, 5.74) is 5.60. The molecule has 7 nitrogen and oxygen atoms in total. The molecule has 1 amide bonds. The van der Waals surface area contributed by atoms with Crippen LogP contribution in [0.5, 0.6) is 0 Å². The van der Waals surface area contributed by atoms with E-state index < -0.39 is 16.3 Å². The molecule has 128 valence electrons. The van der Waals surface area contributed by atoms with Crippen LogP contribution in [0, 0.1) is 0 Å². The van der Waals surface area contributed by atoms with Gasteiger partial charge in [0.2, 0.25) is 5.91 Å². The number of amides is 1. The molecule has 2 N–H and O–H groups in total. The molecular weight excluding hydrogens is 304 g/mol. The molecule has 1 aliphatic heterocycles. The summed E-state index contributed by atoms with van der Waals surface area (Å²) in [6.07, 6.45) is 5.28. The molecule has 0 aromatic carbocycles. The summed E-state index contributed by atoms with van der Waals surface area (Å²) >= 11 is 0. The van der Waals surface area contributed by atoms with Crippen molar-refractivity contribution in [3.8, 4) is 0 Å². The average molecular weight is 332 g/mol. The molecule has 2 aliphatic rings. The molecule has 0 aromatic rings. The Morgan fingerprint density at radius 3 is 2.18 bits per heavy atom. The van der Waals surface area contributed by atoms with Crippen LogP contribution in [0.25, 0.3) is 0 Å². The van der Waals surface area contributed by atoms with Crippen molar-refractivity contribution in [1.29, 1.82) is 0 Å². The Labute approximate surface area is 133 Å². The first-order chi connectivity index (χ1) is 10.3. The van der Waals surface area contributed by atoms with E-state index in [1.165, 1.54) is 15.0 Å². The Balaban J connectivity index is 1.95. The molecule has 0 bridgehead atoms. The van der Waals surface area contributed by atoms with E-state index in [1.807, 2.05) is 0 Å². The number of carbonyl (C=O) groups is 1. The van der Waals surface area contributed by atoms with Crippen LogP contribution in [-0.4, -0.2) is 73.1 Å². The third kappa shape index (κ3) is 3.79. The summed E-state index contributed by atoms with van der Waals surface area (Å²) in [5, 5.41) is 0. The Morgan fingerprint density at radius 1 is 1.14 bits per heavy atom. The number of hydrogen-bond acceptors (Lipinski definition) is 4. The molecule has 1 unspecified atom stereocenters. The van der Waals surface area contributed by atoms with Gasteiger partial charge in [-0.25, -0.2) is 0 Å². The summed E-state index contributed by atoms with van der Waals surface area (Å²) in [7, 11) is -1.75. The molecule has 1 heterocycles. The zero-order valence-electron chi connectivity index (χ0n) is 13.6. The fraction of sp³-hybridized carbons (Fsp3) is 0.929. The SMILES string of the molecule is CC(N)C(=O)N1CCN(S(=O)(=O)N(C)C2CCCCC2)CC1. The Bertz CT molecular complexity index is 480. The zero-order chi connectivity index (χ0) is 16.3. The Hall–Kier alpha value is -0.700. The van der Waals surface area contributed by atoms with Crippen molar-refractivity contribution in [3.63, 3.8) is 0 Å². The maximum atomic E-state index is 12.7. The second-order valence-corrected chi connectivity index (χ2v) is 8.32. The van der Waals surface area contributed by atoms with Gasteiger partial charge in [0.05, 0.1) is 6.04 Å². The number of nitrogens with two attached hydrogens (primary N) is 1. The van der Waals surface area contributed by atoms with Gasteiger partial charge in [-0.2, -0.15) is 17.0 Å². The lowest BCUT2D eigenvalue weighted by atomic mass is 9.96. The number of nitrogens with zero attached hydrogens (tertiary/aromatic N) is 3. The zero-order valence-corrected chi connectivity index (χ0v) is 14.4. The van der Waals surface area contributed by atoms with Crippen molar-refractivity contribution >= 4 is 16.1 Å². The second kappa shape index (κ2) is 7.25. The maximum Gasteiger partial charge on any atom is 0.282 e.